The van der Waals surface area contributed by atoms with Crippen LogP contribution in [0.4, 0.5) is 11.7 Å². The molecule has 0 fully saturated rings. The maximum absolute atomic E-state index is 5.69. The van der Waals surface area contributed by atoms with Gasteiger partial charge >= 0.3 is 0 Å². The fourth-order valence-electron chi connectivity index (χ4n) is 1.61. The molecule has 0 atom stereocenters. The first kappa shape index (κ1) is 12.7. The summed E-state index contributed by atoms with van der Waals surface area (Å²) in [4.78, 5) is 6.60. The van der Waals surface area contributed by atoms with Gasteiger partial charge in [-0.05, 0) is 33.0 Å². The van der Waals surface area contributed by atoms with Gasteiger partial charge in [0.1, 0.15) is 5.52 Å². The second-order valence-corrected chi connectivity index (χ2v) is 4.75. The van der Waals surface area contributed by atoms with Crippen LogP contribution in [0.2, 0.25) is 0 Å². The first-order valence-corrected chi connectivity index (χ1v) is 6.16. The lowest BCUT2D eigenvalue weighted by Gasteiger charge is -2.20. The molecule has 0 spiro atoms. The number of likely N-dealkylation sites (N-methyl/N-ethyl adjacent to an activating group) is 1. The molecule has 0 aliphatic heterocycles. The Labute approximate surface area is 107 Å². The van der Waals surface area contributed by atoms with E-state index >= 15 is 0 Å². The molecule has 0 radical (unpaired) electrons. The minimum Gasteiger partial charge on any atom is -0.423 e. The van der Waals surface area contributed by atoms with Gasteiger partial charge in [-0.15, -0.1) is 0 Å². The molecular weight excluding hydrogens is 228 g/mol. The highest BCUT2D eigenvalue weighted by Crippen LogP contribution is 2.20. The molecule has 1 aromatic heterocycles. The van der Waals surface area contributed by atoms with Crippen LogP contribution in [0, 0.1) is 0 Å². The van der Waals surface area contributed by atoms with E-state index in [4.69, 9.17) is 10.2 Å². The van der Waals surface area contributed by atoms with Crippen molar-refractivity contribution in [2.75, 3.05) is 31.2 Å². The molecule has 18 heavy (non-hydrogen) atoms. The summed E-state index contributed by atoms with van der Waals surface area (Å²) in [5.74, 6) is 0. The van der Waals surface area contributed by atoms with E-state index in [-0.39, 0.29) is 0 Å². The first-order chi connectivity index (χ1) is 8.56. The summed E-state index contributed by atoms with van der Waals surface area (Å²) in [6.45, 7) is 6.08. The largest absolute Gasteiger partial charge is 0.423 e. The molecule has 0 unspecified atom stereocenters. The number of fused-ring (bicyclic) bond motifs is 1. The molecule has 0 saturated heterocycles. The summed E-state index contributed by atoms with van der Waals surface area (Å²) in [7, 11) is 2.10. The minimum absolute atomic E-state index is 0.537. The number of nitrogens with zero attached hydrogens (tertiary/aromatic N) is 2. The van der Waals surface area contributed by atoms with Crippen molar-refractivity contribution in [2.45, 2.75) is 19.9 Å². The van der Waals surface area contributed by atoms with Crippen LogP contribution < -0.4 is 11.1 Å². The average Bonchev–Trinajstić information content (AvgIpc) is 2.70. The van der Waals surface area contributed by atoms with E-state index in [1.165, 1.54) is 0 Å². The van der Waals surface area contributed by atoms with Crippen LogP contribution in [0.25, 0.3) is 11.1 Å². The Hall–Kier alpha value is -1.75. The van der Waals surface area contributed by atoms with Crippen LogP contribution in [0.5, 0.6) is 0 Å². The summed E-state index contributed by atoms with van der Waals surface area (Å²) >= 11 is 0. The average molecular weight is 248 g/mol. The van der Waals surface area contributed by atoms with E-state index in [2.05, 4.69) is 36.1 Å². The number of benzene rings is 1. The van der Waals surface area contributed by atoms with Crippen LogP contribution in [0.15, 0.2) is 22.6 Å². The van der Waals surface area contributed by atoms with Crippen LogP contribution >= 0.6 is 0 Å². The number of nitrogen functional groups attached to an aromatic ring is 1. The second kappa shape index (κ2) is 5.27. The summed E-state index contributed by atoms with van der Waals surface area (Å²) in [6.07, 6.45) is 0. The zero-order valence-corrected chi connectivity index (χ0v) is 11.1. The Bertz CT molecular complexity index is 521. The fourth-order valence-corrected chi connectivity index (χ4v) is 1.61. The SMILES string of the molecule is CC(C)N(C)CCNc1nc2ccc(N)cc2o1. The molecule has 0 amide bonds. The van der Waals surface area contributed by atoms with E-state index in [1.54, 1.807) is 6.07 Å². The van der Waals surface area contributed by atoms with Gasteiger partial charge in [-0.3, -0.25) is 0 Å². The van der Waals surface area contributed by atoms with Gasteiger partial charge in [0, 0.05) is 30.9 Å². The monoisotopic (exact) mass is 248 g/mol. The van der Waals surface area contributed by atoms with Gasteiger partial charge in [0.15, 0.2) is 5.58 Å². The van der Waals surface area contributed by atoms with Gasteiger partial charge in [-0.1, -0.05) is 0 Å². The van der Waals surface area contributed by atoms with Crippen molar-refractivity contribution in [3.8, 4) is 0 Å². The van der Waals surface area contributed by atoms with Gasteiger partial charge in [0.25, 0.3) is 6.01 Å². The molecule has 98 valence electrons. The molecular formula is C13H20N4O. The van der Waals surface area contributed by atoms with Crippen molar-refractivity contribution < 1.29 is 4.42 Å². The van der Waals surface area contributed by atoms with Crippen molar-refractivity contribution in [2.24, 2.45) is 0 Å². The number of nitrogens with two attached hydrogens (primary N) is 1. The lowest BCUT2D eigenvalue weighted by Crippen LogP contribution is -2.31. The van der Waals surface area contributed by atoms with E-state index in [1.807, 2.05) is 12.1 Å². The number of anilines is 2. The standard InChI is InChI=1S/C13H20N4O/c1-9(2)17(3)7-6-15-13-16-11-5-4-10(14)8-12(11)18-13/h4-5,8-9H,6-7,14H2,1-3H3,(H,15,16). The predicted molar refractivity (Wildman–Crippen MR) is 74.7 cm³/mol. The quantitative estimate of drug-likeness (QED) is 0.794. The summed E-state index contributed by atoms with van der Waals surface area (Å²) in [5.41, 5.74) is 7.92. The highest BCUT2D eigenvalue weighted by molar-refractivity contribution is 5.78. The molecule has 2 aromatic rings. The summed E-state index contributed by atoms with van der Waals surface area (Å²) in [6, 6.07) is 6.55. The number of oxazole rings is 1. The van der Waals surface area contributed by atoms with Gasteiger partial charge in [-0.25, -0.2) is 0 Å². The number of aromatic nitrogens is 1. The zero-order chi connectivity index (χ0) is 13.1. The summed E-state index contributed by atoms with van der Waals surface area (Å²) < 4.78 is 5.57. The minimum atomic E-state index is 0.537. The Kier molecular flexibility index (Phi) is 3.72. The lowest BCUT2D eigenvalue weighted by atomic mass is 10.3. The lowest BCUT2D eigenvalue weighted by molar-refractivity contribution is 0.284. The molecule has 3 N–H and O–H groups in total. The maximum Gasteiger partial charge on any atom is 0.295 e. The van der Waals surface area contributed by atoms with Gasteiger partial charge < -0.3 is 20.4 Å². The molecule has 0 aliphatic rings. The van der Waals surface area contributed by atoms with Gasteiger partial charge in [0.2, 0.25) is 0 Å². The first-order valence-electron chi connectivity index (χ1n) is 6.16. The molecule has 0 aliphatic carbocycles. The van der Waals surface area contributed by atoms with Gasteiger partial charge in [-0.2, -0.15) is 4.98 Å². The molecule has 0 bridgehead atoms. The van der Waals surface area contributed by atoms with Crippen molar-refractivity contribution in [1.82, 2.24) is 9.88 Å². The molecule has 0 saturated carbocycles. The predicted octanol–water partition coefficient (Wildman–Crippen LogP) is 2.16. The number of hydrogen-bond donors (Lipinski definition) is 2. The third kappa shape index (κ3) is 2.92. The molecule has 2 rings (SSSR count). The maximum atomic E-state index is 5.69. The van der Waals surface area contributed by atoms with Crippen molar-refractivity contribution in [3.63, 3.8) is 0 Å². The van der Waals surface area contributed by atoms with E-state index in [0.29, 0.717) is 17.7 Å². The van der Waals surface area contributed by atoms with Crippen LogP contribution in [-0.4, -0.2) is 36.1 Å². The molecule has 1 aromatic carbocycles. The smallest absolute Gasteiger partial charge is 0.295 e. The molecule has 1 heterocycles. The van der Waals surface area contributed by atoms with Crippen molar-refractivity contribution in [3.05, 3.63) is 18.2 Å². The number of nitrogens with one attached hydrogen (secondary N) is 1. The summed E-state index contributed by atoms with van der Waals surface area (Å²) in [5, 5.41) is 3.18. The topological polar surface area (TPSA) is 67.3 Å². The fraction of sp³-hybridized carbons (Fsp3) is 0.462. The number of rotatable bonds is 5. The van der Waals surface area contributed by atoms with Crippen molar-refractivity contribution >= 4 is 22.8 Å². The highest BCUT2D eigenvalue weighted by Gasteiger charge is 2.06. The van der Waals surface area contributed by atoms with Crippen LogP contribution in [0.3, 0.4) is 0 Å². The Balaban J connectivity index is 1.96. The van der Waals surface area contributed by atoms with Crippen molar-refractivity contribution in [1.29, 1.82) is 0 Å². The zero-order valence-electron chi connectivity index (χ0n) is 11.1. The van der Waals surface area contributed by atoms with Gasteiger partial charge in [0.05, 0.1) is 0 Å². The Morgan fingerprint density at radius 3 is 2.94 bits per heavy atom. The molecule has 5 nitrogen and oxygen atoms in total. The van der Waals surface area contributed by atoms with E-state index in [0.717, 1.165) is 24.2 Å². The van der Waals surface area contributed by atoms with Crippen LogP contribution in [0.1, 0.15) is 13.8 Å². The highest BCUT2D eigenvalue weighted by atomic mass is 16.4. The molecule has 5 heteroatoms. The third-order valence-electron chi connectivity index (χ3n) is 3.03. The normalized spacial score (nSPS) is 11.6. The van der Waals surface area contributed by atoms with E-state index in [9.17, 15) is 0 Å². The Morgan fingerprint density at radius 1 is 1.44 bits per heavy atom. The third-order valence-corrected chi connectivity index (χ3v) is 3.03. The second-order valence-electron chi connectivity index (χ2n) is 4.75. The number of hydrogen-bond acceptors (Lipinski definition) is 5. The Morgan fingerprint density at radius 2 is 2.22 bits per heavy atom. The van der Waals surface area contributed by atoms with E-state index < -0.39 is 0 Å². The van der Waals surface area contributed by atoms with Crippen LogP contribution in [-0.2, 0) is 0 Å².